The molecule has 1 aliphatic carbocycles. The van der Waals surface area contributed by atoms with Crippen LogP contribution >= 0.6 is 0 Å². The molecule has 0 atom stereocenters. The van der Waals surface area contributed by atoms with Gasteiger partial charge >= 0.3 is 0 Å². The number of hydrogen-bond donors (Lipinski definition) is 0. The van der Waals surface area contributed by atoms with Gasteiger partial charge in [-0.15, -0.1) is 0 Å². The molecule has 1 fully saturated rings. The Labute approximate surface area is 181 Å². The van der Waals surface area contributed by atoms with Crippen LogP contribution in [-0.4, -0.2) is 57.5 Å². The van der Waals surface area contributed by atoms with Crippen LogP contribution in [-0.2, 0) is 12.1 Å². The Morgan fingerprint density at radius 2 is 1.52 bits per heavy atom. The van der Waals surface area contributed by atoms with Crippen molar-refractivity contribution in [3.63, 3.8) is 0 Å². The van der Waals surface area contributed by atoms with Crippen molar-refractivity contribution in [1.29, 1.82) is 0 Å². The van der Waals surface area contributed by atoms with Crippen LogP contribution in [0.1, 0.15) is 37.5 Å². The van der Waals surface area contributed by atoms with Gasteiger partial charge in [0.1, 0.15) is 0 Å². The zero-order valence-corrected chi connectivity index (χ0v) is 17.5. The molecule has 0 amide bonds. The predicted octanol–water partition coefficient (Wildman–Crippen LogP) is 2.88. The lowest BCUT2D eigenvalue weighted by atomic mass is 9.86. The molecule has 1 saturated heterocycles. The number of nitrogens with zero attached hydrogens (tertiary/aromatic N) is 4. The highest BCUT2D eigenvalue weighted by Gasteiger charge is 2.59. The lowest BCUT2D eigenvalue weighted by Gasteiger charge is -2.43. The van der Waals surface area contributed by atoms with Gasteiger partial charge in [-0.3, -0.25) is 29.4 Å². The Hall–Kier alpha value is -3.22. The molecule has 0 N–H and O–H groups in total. The number of carbonyl (C=O) groups is 2. The second-order valence-electron chi connectivity index (χ2n) is 8.19. The van der Waals surface area contributed by atoms with Crippen LogP contribution in [0.4, 0.5) is 0 Å². The number of aryl methyl sites for hydroxylation is 1. The van der Waals surface area contributed by atoms with Crippen molar-refractivity contribution in [3.05, 3.63) is 95.1 Å². The van der Waals surface area contributed by atoms with E-state index in [1.54, 1.807) is 42.9 Å². The second-order valence-corrected chi connectivity index (χ2v) is 8.19. The first-order valence-electron chi connectivity index (χ1n) is 10.6. The Morgan fingerprint density at radius 3 is 2.13 bits per heavy atom. The lowest BCUT2D eigenvalue weighted by molar-refractivity contribution is 0.0265. The van der Waals surface area contributed by atoms with Gasteiger partial charge in [-0.1, -0.05) is 48.5 Å². The van der Waals surface area contributed by atoms with Crippen molar-refractivity contribution in [2.75, 3.05) is 26.2 Å². The zero-order chi connectivity index (χ0) is 21.4. The average Bonchev–Trinajstić information content (AvgIpc) is 3.04. The summed E-state index contributed by atoms with van der Waals surface area (Å²) in [5.41, 5.74) is 2.51. The number of carbonyl (C=O) groups excluding carboxylic acids is 2. The van der Waals surface area contributed by atoms with Gasteiger partial charge in [0.05, 0.1) is 11.9 Å². The van der Waals surface area contributed by atoms with Gasteiger partial charge in [0, 0.05) is 56.2 Å². The van der Waals surface area contributed by atoms with Crippen molar-refractivity contribution < 1.29 is 9.59 Å². The number of ketones is 2. The molecule has 156 valence electrons. The minimum Gasteiger partial charge on any atom is -0.297 e. The minimum absolute atomic E-state index is 0.194. The number of Topliss-reactive ketones (excluding diaryl/α,β-unsaturated/α-hetero) is 2. The summed E-state index contributed by atoms with van der Waals surface area (Å²) < 4.78 is 0. The molecule has 6 nitrogen and oxygen atoms in total. The first kappa shape index (κ1) is 19.7. The third kappa shape index (κ3) is 3.10. The molecule has 0 spiro atoms. The summed E-state index contributed by atoms with van der Waals surface area (Å²) in [5.74, 6) is -0.387. The maximum Gasteiger partial charge on any atom is 0.198 e. The van der Waals surface area contributed by atoms with E-state index in [4.69, 9.17) is 0 Å². The maximum atomic E-state index is 13.7. The van der Waals surface area contributed by atoms with Gasteiger partial charge < -0.3 is 0 Å². The molecule has 2 aliphatic rings. The lowest BCUT2D eigenvalue weighted by Crippen LogP contribution is -2.60. The first-order valence-corrected chi connectivity index (χ1v) is 10.6. The van der Waals surface area contributed by atoms with Gasteiger partial charge in [0.25, 0.3) is 0 Å². The van der Waals surface area contributed by atoms with Crippen molar-refractivity contribution in [3.8, 4) is 0 Å². The number of piperazine rings is 1. The Morgan fingerprint density at radius 1 is 0.871 bits per heavy atom. The third-order valence-corrected chi connectivity index (χ3v) is 6.51. The van der Waals surface area contributed by atoms with Gasteiger partial charge in [-0.2, -0.15) is 0 Å². The maximum absolute atomic E-state index is 13.7. The molecule has 0 bridgehead atoms. The highest BCUT2D eigenvalue weighted by atomic mass is 16.2. The topological polar surface area (TPSA) is 66.4 Å². The van der Waals surface area contributed by atoms with Crippen LogP contribution in [0.5, 0.6) is 0 Å². The third-order valence-electron chi connectivity index (χ3n) is 6.51. The van der Waals surface area contributed by atoms with Crippen LogP contribution in [0.25, 0.3) is 0 Å². The Balaban J connectivity index is 1.46. The fourth-order valence-corrected chi connectivity index (χ4v) is 4.81. The molecule has 0 unspecified atom stereocenters. The zero-order valence-electron chi connectivity index (χ0n) is 17.5. The fraction of sp³-hybridized carbons (Fsp3) is 0.280. The monoisotopic (exact) mass is 412 g/mol. The highest BCUT2D eigenvalue weighted by Crippen LogP contribution is 2.42. The molecule has 1 aromatic heterocycles. The summed E-state index contributed by atoms with van der Waals surface area (Å²) in [6, 6.07) is 15.5. The van der Waals surface area contributed by atoms with Gasteiger partial charge in [-0.25, -0.2) is 0 Å². The first-order chi connectivity index (χ1) is 15.1. The highest BCUT2D eigenvalue weighted by molar-refractivity contribution is 6.32. The largest absolute Gasteiger partial charge is 0.297 e. The Bertz CT molecular complexity index is 1100. The second kappa shape index (κ2) is 7.80. The molecule has 1 aliphatic heterocycles. The van der Waals surface area contributed by atoms with Gasteiger partial charge in [-0.05, 0) is 18.1 Å². The molecular weight excluding hydrogens is 388 g/mol. The van der Waals surface area contributed by atoms with Crippen molar-refractivity contribution in [1.82, 2.24) is 19.8 Å². The molecule has 3 aromatic rings. The molecular formula is C25H24N4O2. The number of benzene rings is 2. The van der Waals surface area contributed by atoms with Crippen LogP contribution in [0.3, 0.4) is 0 Å². The summed E-state index contributed by atoms with van der Waals surface area (Å²) in [4.78, 5) is 40.4. The SMILES string of the molecule is Cc1ccccc1CN1CCN(C2(c3cnccn3)C(=O)c3ccccc3C2=O)CC1. The molecule has 2 aromatic carbocycles. The molecule has 6 heteroatoms. The number of rotatable bonds is 4. The fourth-order valence-electron chi connectivity index (χ4n) is 4.81. The van der Waals surface area contributed by atoms with Crippen LogP contribution in [0.15, 0.2) is 67.1 Å². The van der Waals surface area contributed by atoms with E-state index in [2.05, 4.69) is 46.1 Å². The van der Waals surface area contributed by atoms with Crippen LogP contribution < -0.4 is 0 Å². The predicted molar refractivity (Wildman–Crippen MR) is 117 cm³/mol. The van der Waals surface area contributed by atoms with Crippen molar-refractivity contribution in [2.45, 2.75) is 19.0 Å². The van der Waals surface area contributed by atoms with Crippen LogP contribution in [0, 0.1) is 6.92 Å². The number of aromatic nitrogens is 2. The average molecular weight is 412 g/mol. The number of fused-ring (bicyclic) bond motifs is 1. The molecule has 5 rings (SSSR count). The van der Waals surface area contributed by atoms with E-state index in [9.17, 15) is 9.59 Å². The molecule has 0 radical (unpaired) electrons. The van der Waals surface area contributed by atoms with E-state index in [0.717, 1.165) is 19.6 Å². The van der Waals surface area contributed by atoms with E-state index in [0.29, 0.717) is 29.9 Å². The standard InChI is InChI=1S/C25H24N4O2/c1-18-6-2-3-7-19(18)17-28-12-14-29(15-13-28)25(22-16-26-10-11-27-22)23(30)20-8-4-5-9-21(20)24(25)31/h2-11,16H,12-15,17H2,1H3. The molecule has 31 heavy (non-hydrogen) atoms. The van der Waals surface area contributed by atoms with E-state index in [1.165, 1.54) is 11.1 Å². The van der Waals surface area contributed by atoms with Crippen LogP contribution in [0.2, 0.25) is 0 Å². The van der Waals surface area contributed by atoms with E-state index >= 15 is 0 Å². The summed E-state index contributed by atoms with van der Waals surface area (Å²) in [5, 5.41) is 0. The van der Waals surface area contributed by atoms with Gasteiger partial charge in [0.15, 0.2) is 17.1 Å². The normalized spacial score (nSPS) is 18.9. The quantitative estimate of drug-likeness (QED) is 0.614. The van der Waals surface area contributed by atoms with Crippen molar-refractivity contribution in [2.24, 2.45) is 0 Å². The van der Waals surface area contributed by atoms with E-state index in [-0.39, 0.29) is 11.6 Å². The van der Waals surface area contributed by atoms with E-state index < -0.39 is 5.54 Å². The summed E-state index contributed by atoms with van der Waals surface area (Å²) in [6.45, 7) is 5.74. The molecule has 2 heterocycles. The minimum atomic E-state index is -1.42. The van der Waals surface area contributed by atoms with Crippen molar-refractivity contribution >= 4 is 11.6 Å². The summed E-state index contributed by atoms with van der Waals surface area (Å²) in [7, 11) is 0. The van der Waals surface area contributed by atoms with E-state index in [1.807, 2.05) is 4.90 Å². The molecule has 0 saturated carbocycles. The smallest absolute Gasteiger partial charge is 0.198 e. The number of hydrogen-bond acceptors (Lipinski definition) is 6. The summed E-state index contributed by atoms with van der Waals surface area (Å²) >= 11 is 0. The van der Waals surface area contributed by atoms with Gasteiger partial charge in [0.2, 0.25) is 0 Å². The Kier molecular flexibility index (Phi) is 4.96. The summed E-state index contributed by atoms with van der Waals surface area (Å²) in [6.07, 6.45) is 4.67.